The standard InChI is InChI=1S/C29H36N4O6.C8H17NO2.C2H6/c1-3-5-20(2)16-33(32-29(36)39-27-18-38-28-24(27)11-13-37-28)17-26(35)25(31-19-34)14-21-7-9-22(10-8-21)23-6-4-12-30-15-23;1-6(8(2,3)4)9-7(10)11-5;1-2/h3-10,12,15,19,24-28,35H,2,11,13-14,16-18H2,1H3,(H,31,34)(H,32,36);6H,1-5H3,(H,9,10);1-2H3/b5-3-;;. The highest BCUT2D eigenvalue weighted by Crippen LogP contribution is 2.33. The Labute approximate surface area is 309 Å². The van der Waals surface area contributed by atoms with Crippen LogP contribution < -0.4 is 16.1 Å². The topological polar surface area (TPSA) is 161 Å². The van der Waals surface area contributed by atoms with Crippen LogP contribution in [-0.2, 0) is 30.2 Å². The van der Waals surface area contributed by atoms with Gasteiger partial charge in [-0.2, -0.15) is 0 Å². The molecule has 6 unspecified atom stereocenters. The van der Waals surface area contributed by atoms with E-state index in [0.717, 1.165) is 28.7 Å². The van der Waals surface area contributed by atoms with E-state index in [9.17, 15) is 19.5 Å². The van der Waals surface area contributed by atoms with E-state index >= 15 is 0 Å². The third kappa shape index (κ3) is 14.7. The molecular weight excluding hydrogens is 666 g/mol. The van der Waals surface area contributed by atoms with Gasteiger partial charge >= 0.3 is 12.2 Å². The van der Waals surface area contributed by atoms with E-state index in [1.54, 1.807) is 17.4 Å². The largest absolute Gasteiger partial charge is 0.453 e. The Hall–Kier alpha value is -4.30. The minimum atomic E-state index is -1.01. The number of aromatic nitrogens is 1. The molecule has 0 saturated carbocycles. The summed E-state index contributed by atoms with van der Waals surface area (Å²) in [5.41, 5.74) is 6.49. The number of hydrazine groups is 1. The lowest BCUT2D eigenvalue weighted by Gasteiger charge is -2.30. The minimum absolute atomic E-state index is 0.0125. The van der Waals surface area contributed by atoms with Crippen molar-refractivity contribution in [3.05, 3.63) is 78.7 Å². The average molecular weight is 726 g/mol. The molecule has 2 aliphatic rings. The van der Waals surface area contributed by atoms with Crippen LogP contribution in [0.1, 0.15) is 60.5 Å². The van der Waals surface area contributed by atoms with E-state index in [-0.39, 0.29) is 49.5 Å². The first-order valence-corrected chi connectivity index (χ1v) is 17.8. The Balaban J connectivity index is 0.000000617. The van der Waals surface area contributed by atoms with E-state index in [1.807, 2.05) is 76.2 Å². The number of pyridine rings is 1. The molecule has 2 fully saturated rings. The molecular formula is C39H59N5O8. The summed E-state index contributed by atoms with van der Waals surface area (Å²) >= 11 is 0. The van der Waals surface area contributed by atoms with Crippen LogP contribution in [0.15, 0.2) is 73.1 Å². The number of alkyl carbamates (subject to hydrolysis) is 1. The first-order chi connectivity index (χ1) is 24.8. The van der Waals surface area contributed by atoms with Gasteiger partial charge in [0.05, 0.1) is 38.4 Å². The lowest BCUT2D eigenvalue weighted by atomic mass is 9.88. The number of aliphatic hydroxyl groups is 1. The van der Waals surface area contributed by atoms with Crippen LogP contribution in [0.3, 0.4) is 0 Å². The van der Waals surface area contributed by atoms with Crippen molar-refractivity contribution in [3.8, 4) is 11.1 Å². The predicted molar refractivity (Wildman–Crippen MR) is 201 cm³/mol. The molecule has 2 aromatic rings. The summed E-state index contributed by atoms with van der Waals surface area (Å²) in [6, 6.07) is 11.3. The van der Waals surface area contributed by atoms with Crippen molar-refractivity contribution in [2.75, 3.05) is 33.4 Å². The number of nitrogens with zero attached hydrogens (tertiary/aromatic N) is 2. The molecule has 3 heterocycles. The molecule has 3 amide bonds. The lowest BCUT2D eigenvalue weighted by molar-refractivity contribution is -0.111. The van der Waals surface area contributed by atoms with Crippen molar-refractivity contribution >= 4 is 18.6 Å². The van der Waals surface area contributed by atoms with Gasteiger partial charge in [0.1, 0.15) is 6.10 Å². The molecule has 0 radical (unpaired) electrons. The van der Waals surface area contributed by atoms with Crippen LogP contribution in [-0.4, -0.2) is 97.7 Å². The fourth-order valence-corrected chi connectivity index (χ4v) is 5.34. The van der Waals surface area contributed by atoms with E-state index in [0.29, 0.717) is 19.4 Å². The molecule has 13 heteroatoms. The minimum Gasteiger partial charge on any atom is -0.453 e. The Morgan fingerprint density at radius 2 is 1.85 bits per heavy atom. The summed E-state index contributed by atoms with van der Waals surface area (Å²) in [6.45, 7) is 19.2. The predicted octanol–water partition coefficient (Wildman–Crippen LogP) is 5.41. The third-order valence-corrected chi connectivity index (χ3v) is 8.67. The molecule has 2 aliphatic heterocycles. The van der Waals surface area contributed by atoms with Crippen molar-refractivity contribution in [3.63, 3.8) is 0 Å². The van der Waals surface area contributed by atoms with Crippen LogP contribution in [0.25, 0.3) is 11.1 Å². The van der Waals surface area contributed by atoms with Crippen molar-refractivity contribution in [2.24, 2.45) is 11.3 Å². The second-order valence-electron chi connectivity index (χ2n) is 13.4. The molecule has 13 nitrogen and oxygen atoms in total. The van der Waals surface area contributed by atoms with Crippen LogP contribution >= 0.6 is 0 Å². The monoisotopic (exact) mass is 725 g/mol. The number of hydrogen-bond donors (Lipinski definition) is 4. The highest BCUT2D eigenvalue weighted by Gasteiger charge is 2.44. The quantitative estimate of drug-likeness (QED) is 0.113. The molecule has 4 N–H and O–H groups in total. The molecule has 2 saturated heterocycles. The van der Waals surface area contributed by atoms with E-state index < -0.39 is 24.3 Å². The maximum atomic E-state index is 12.8. The highest BCUT2D eigenvalue weighted by atomic mass is 16.7. The van der Waals surface area contributed by atoms with Gasteiger partial charge in [-0.05, 0) is 60.4 Å². The van der Waals surface area contributed by atoms with Gasteiger partial charge in [-0.1, -0.05) is 83.7 Å². The number of carbonyl (C=O) groups excluding carboxylic acids is 3. The molecule has 0 spiro atoms. The zero-order valence-corrected chi connectivity index (χ0v) is 32.0. The fourth-order valence-electron chi connectivity index (χ4n) is 5.34. The van der Waals surface area contributed by atoms with Gasteiger partial charge < -0.3 is 34.7 Å². The van der Waals surface area contributed by atoms with Crippen molar-refractivity contribution in [1.82, 2.24) is 26.1 Å². The molecule has 1 aromatic heterocycles. The molecule has 0 aliphatic carbocycles. The van der Waals surface area contributed by atoms with Gasteiger partial charge in [0.2, 0.25) is 6.41 Å². The summed E-state index contributed by atoms with van der Waals surface area (Å²) < 4.78 is 21.1. The maximum absolute atomic E-state index is 12.8. The number of fused-ring (bicyclic) bond motifs is 1. The summed E-state index contributed by atoms with van der Waals surface area (Å²) in [7, 11) is 1.37. The van der Waals surface area contributed by atoms with Gasteiger partial charge in [0, 0.05) is 31.5 Å². The first-order valence-electron chi connectivity index (χ1n) is 17.8. The normalized spacial score (nSPS) is 19.5. The fraction of sp³-hybridized carbons (Fsp3) is 0.538. The first kappa shape index (κ1) is 43.9. The third-order valence-electron chi connectivity index (χ3n) is 8.67. The number of methoxy groups -OCH3 is 1. The molecule has 52 heavy (non-hydrogen) atoms. The Kier molecular flexibility index (Phi) is 19.1. The molecule has 6 atom stereocenters. The summed E-state index contributed by atoms with van der Waals surface area (Å²) in [5.74, 6) is 0.0125. The summed E-state index contributed by atoms with van der Waals surface area (Å²) in [5, 5.41) is 18.1. The van der Waals surface area contributed by atoms with Gasteiger partial charge in [0.15, 0.2) is 6.29 Å². The molecule has 1 aromatic carbocycles. The number of ether oxygens (including phenoxy) is 4. The second-order valence-corrected chi connectivity index (χ2v) is 13.4. The number of hydrogen-bond acceptors (Lipinski definition) is 10. The smallest absolute Gasteiger partial charge is 0.422 e. The summed E-state index contributed by atoms with van der Waals surface area (Å²) in [4.78, 5) is 39.0. The van der Waals surface area contributed by atoms with Crippen molar-refractivity contribution in [1.29, 1.82) is 0 Å². The number of rotatable bonds is 14. The van der Waals surface area contributed by atoms with Gasteiger partial charge in [-0.25, -0.2) is 14.6 Å². The van der Waals surface area contributed by atoms with E-state index in [1.165, 1.54) is 7.11 Å². The second kappa shape index (κ2) is 22.6. The van der Waals surface area contributed by atoms with Crippen LogP contribution in [0.4, 0.5) is 9.59 Å². The van der Waals surface area contributed by atoms with Gasteiger partial charge in [-0.15, -0.1) is 0 Å². The lowest BCUT2D eigenvalue weighted by Crippen LogP contribution is -2.53. The number of amides is 3. The van der Waals surface area contributed by atoms with Crippen LogP contribution in [0.2, 0.25) is 0 Å². The highest BCUT2D eigenvalue weighted by molar-refractivity contribution is 5.67. The van der Waals surface area contributed by atoms with Gasteiger partial charge in [-0.3, -0.25) is 15.2 Å². The Morgan fingerprint density at radius 3 is 2.44 bits per heavy atom. The zero-order valence-electron chi connectivity index (χ0n) is 32.0. The number of nitrogens with one attached hydrogen (secondary N) is 3. The van der Waals surface area contributed by atoms with E-state index in [2.05, 4.69) is 53.1 Å². The van der Waals surface area contributed by atoms with Crippen molar-refractivity contribution in [2.45, 2.75) is 91.9 Å². The molecule has 288 valence electrons. The average Bonchev–Trinajstić information content (AvgIpc) is 3.74. The zero-order chi connectivity index (χ0) is 38.7. The number of carbonyl (C=O) groups is 3. The number of benzene rings is 1. The number of allylic oxidation sites excluding steroid dienone is 1. The van der Waals surface area contributed by atoms with E-state index in [4.69, 9.17) is 14.2 Å². The van der Waals surface area contributed by atoms with Crippen molar-refractivity contribution < 1.29 is 38.4 Å². The van der Waals surface area contributed by atoms with Gasteiger partial charge in [0.25, 0.3) is 0 Å². The molecule has 4 rings (SSSR count). The Bertz CT molecular complexity index is 1400. The number of aliphatic hydroxyl groups excluding tert-OH is 1. The maximum Gasteiger partial charge on any atom is 0.422 e. The SMILES string of the molecule is C=C(/C=C\C)CN(CC(O)C(Cc1ccc(-c2cccnc2)cc1)NC=O)NC(=O)OC1COC2OCCC12.CC.COC(=O)NC(C)C(C)(C)C. The van der Waals surface area contributed by atoms with Crippen LogP contribution in [0, 0.1) is 11.3 Å². The Morgan fingerprint density at radius 1 is 1.13 bits per heavy atom. The molecule has 0 bridgehead atoms. The summed E-state index contributed by atoms with van der Waals surface area (Å²) in [6.07, 6.45) is 6.17. The van der Waals surface area contributed by atoms with Crippen LogP contribution in [0.5, 0.6) is 0 Å².